The van der Waals surface area contributed by atoms with Crippen molar-refractivity contribution >= 4 is 36.2 Å². The van der Waals surface area contributed by atoms with E-state index in [1.165, 1.54) is 11.1 Å². The Kier molecular flexibility index (Phi) is 16.2. The fourth-order valence-corrected chi connectivity index (χ4v) is 3.93. The molecule has 0 aliphatic carbocycles. The van der Waals surface area contributed by atoms with E-state index in [4.69, 9.17) is 0 Å². The van der Waals surface area contributed by atoms with Gasteiger partial charge in [0.05, 0.1) is 11.4 Å². The molecular weight excluding hydrogens is 606 g/mol. The van der Waals surface area contributed by atoms with Crippen LogP contribution >= 0.6 is 24.8 Å². The van der Waals surface area contributed by atoms with Crippen molar-refractivity contribution in [2.45, 2.75) is 105 Å². The molecule has 0 unspecified atom stereocenters. The van der Waals surface area contributed by atoms with Crippen LogP contribution in [0.3, 0.4) is 0 Å². The number of phenols is 2. The van der Waals surface area contributed by atoms with Gasteiger partial charge in [-0.25, -0.2) is 0 Å². The zero-order valence-corrected chi connectivity index (χ0v) is 31.5. The van der Waals surface area contributed by atoms with Crippen LogP contribution in [0, 0.1) is 0 Å². The number of benzene rings is 2. The molecule has 0 radical (unpaired) electrons. The van der Waals surface area contributed by atoms with Crippen molar-refractivity contribution in [3.8, 4) is 11.5 Å². The molecule has 0 heterocycles. The van der Waals surface area contributed by atoms with E-state index in [0.29, 0.717) is 11.5 Å². The van der Waals surface area contributed by atoms with Crippen LogP contribution in [-0.2, 0) is 47.9 Å². The number of phenolic OH excluding ortho intramolecular Hbond substituents is 2. The molecule has 0 fully saturated rings. The van der Waals surface area contributed by atoms with Crippen LogP contribution < -0.4 is 9.80 Å². The van der Waals surface area contributed by atoms with Crippen LogP contribution in [0.1, 0.15) is 105 Å². The maximum Gasteiger partial charge on any atom is 0.142 e. The third-order valence-corrected chi connectivity index (χ3v) is 6.49. The summed E-state index contributed by atoms with van der Waals surface area (Å²) in [5, 5.41) is 20.9. The molecule has 224 valence electrons. The summed E-state index contributed by atoms with van der Waals surface area (Å²) in [5.74, 6) is 0.806. The quantitative estimate of drug-likeness (QED) is 0.337. The first kappa shape index (κ1) is 42.6. The van der Waals surface area contributed by atoms with E-state index in [0.717, 1.165) is 22.5 Å². The molecule has 2 N–H and O–H groups in total. The Balaban J connectivity index is -0.000000617. The maximum absolute atomic E-state index is 10.4. The van der Waals surface area contributed by atoms with Crippen molar-refractivity contribution in [3.63, 3.8) is 0 Å². The number of hydrogen-bond acceptors (Lipinski definition) is 4. The second kappa shape index (κ2) is 14.8. The van der Waals surface area contributed by atoms with Gasteiger partial charge in [-0.3, -0.25) is 0 Å². The predicted molar refractivity (Wildman–Crippen MR) is 174 cm³/mol. The molecule has 0 aliphatic rings. The van der Waals surface area contributed by atoms with Gasteiger partial charge in [-0.05, 0) is 44.9 Å². The summed E-state index contributed by atoms with van der Waals surface area (Å²) >= 11 is 0. The average Bonchev–Trinajstić information content (AvgIpc) is 2.64. The first-order valence-electron chi connectivity index (χ1n) is 13.0. The van der Waals surface area contributed by atoms with Gasteiger partial charge in [0.15, 0.2) is 0 Å². The Morgan fingerprint density at radius 2 is 0.692 bits per heavy atom. The van der Waals surface area contributed by atoms with Gasteiger partial charge in [-0.1, -0.05) is 95.2 Å². The third-order valence-electron chi connectivity index (χ3n) is 6.49. The average molecular weight is 663 g/mol. The van der Waals surface area contributed by atoms with Crippen LogP contribution in [0.15, 0.2) is 24.3 Å². The molecule has 0 spiro atoms. The van der Waals surface area contributed by atoms with Crippen molar-refractivity contribution in [1.82, 2.24) is 0 Å². The van der Waals surface area contributed by atoms with Crippen LogP contribution in [0.4, 0.5) is 11.4 Å². The van der Waals surface area contributed by atoms with Crippen LogP contribution in [-0.4, -0.2) is 38.4 Å². The van der Waals surface area contributed by atoms with Crippen LogP contribution in [0.2, 0.25) is 0 Å². The van der Waals surface area contributed by atoms with Gasteiger partial charge in [0.2, 0.25) is 0 Å². The standard InChI is InChI=1S/2C16H27NO.2ClH.Zr/c2*1-15(2,3)11-9-12(16(4,5)6)14(18)13(10-11)17(7)8;;;/h2*9-10,18H,1-8H3;2*1H;. The molecule has 39 heavy (non-hydrogen) atoms. The first-order valence-corrected chi connectivity index (χ1v) is 13.0. The number of nitrogens with zero attached hydrogens (tertiary/aromatic N) is 2. The summed E-state index contributed by atoms with van der Waals surface area (Å²) in [6.45, 7) is 26.0. The molecule has 0 saturated heterocycles. The molecule has 0 aromatic heterocycles. The molecule has 0 bridgehead atoms. The SMILES string of the molecule is CN(C)c1cc(C(C)(C)C)cc(C(C)(C)C)c1O.CN(C)c1cc(C(C)(C)C)cc(C(C)(C)C)c1O.Cl.Cl.[Zr]. The second-order valence-corrected chi connectivity index (χ2v) is 14.6. The Morgan fingerprint density at radius 3 is 0.846 bits per heavy atom. The molecule has 0 atom stereocenters. The van der Waals surface area contributed by atoms with Crippen molar-refractivity contribution < 1.29 is 36.4 Å². The Hall–Kier alpha value is -0.897. The van der Waals surface area contributed by atoms with E-state index in [9.17, 15) is 10.2 Å². The summed E-state index contributed by atoms with van der Waals surface area (Å²) < 4.78 is 0. The minimum Gasteiger partial charge on any atom is -0.505 e. The molecule has 0 saturated carbocycles. The van der Waals surface area contributed by atoms with E-state index >= 15 is 0 Å². The minimum atomic E-state index is -0.0594. The molecule has 2 aromatic carbocycles. The first-order chi connectivity index (χ1) is 15.9. The summed E-state index contributed by atoms with van der Waals surface area (Å²) in [7, 11) is 7.86. The third kappa shape index (κ3) is 11.5. The van der Waals surface area contributed by atoms with E-state index < -0.39 is 0 Å². The summed E-state index contributed by atoms with van der Waals surface area (Å²) in [4.78, 5) is 3.94. The fourth-order valence-electron chi connectivity index (χ4n) is 3.93. The van der Waals surface area contributed by atoms with E-state index in [-0.39, 0.29) is 72.7 Å². The zero-order valence-electron chi connectivity index (χ0n) is 27.4. The normalized spacial score (nSPS) is 11.7. The zero-order chi connectivity index (χ0) is 28.6. The number of rotatable bonds is 2. The summed E-state index contributed by atoms with van der Waals surface area (Å²) in [6.07, 6.45) is 0. The molecule has 0 amide bonds. The number of halogens is 2. The second-order valence-electron chi connectivity index (χ2n) is 14.6. The van der Waals surface area contributed by atoms with E-state index in [1.54, 1.807) is 0 Å². The van der Waals surface area contributed by atoms with Gasteiger partial charge in [0.1, 0.15) is 11.5 Å². The van der Waals surface area contributed by atoms with E-state index in [2.05, 4.69) is 107 Å². The Morgan fingerprint density at radius 1 is 0.462 bits per heavy atom. The Bertz CT molecular complexity index is 971. The van der Waals surface area contributed by atoms with E-state index in [1.807, 2.05) is 38.0 Å². The van der Waals surface area contributed by atoms with Gasteiger partial charge < -0.3 is 20.0 Å². The summed E-state index contributed by atoms with van der Waals surface area (Å²) in [5.41, 5.74) is 6.38. The topological polar surface area (TPSA) is 46.9 Å². The monoisotopic (exact) mass is 660 g/mol. The number of hydrogen-bond donors (Lipinski definition) is 2. The predicted octanol–water partition coefficient (Wildman–Crippen LogP) is 8.95. The maximum atomic E-state index is 10.4. The molecule has 4 nitrogen and oxygen atoms in total. The van der Waals surface area contributed by atoms with Crippen LogP contribution in [0.5, 0.6) is 11.5 Å². The summed E-state index contributed by atoms with van der Waals surface area (Å²) in [6, 6.07) is 8.46. The minimum absolute atomic E-state index is 0. The van der Waals surface area contributed by atoms with Gasteiger partial charge >= 0.3 is 0 Å². The molecule has 0 aliphatic heterocycles. The van der Waals surface area contributed by atoms with Gasteiger partial charge in [0, 0.05) is 65.5 Å². The van der Waals surface area contributed by atoms with Crippen LogP contribution in [0.25, 0.3) is 0 Å². The van der Waals surface area contributed by atoms with Gasteiger partial charge in [-0.2, -0.15) is 0 Å². The van der Waals surface area contributed by atoms with Crippen molar-refractivity contribution in [2.75, 3.05) is 38.0 Å². The fraction of sp³-hybridized carbons (Fsp3) is 0.625. The van der Waals surface area contributed by atoms with Crippen molar-refractivity contribution in [3.05, 3.63) is 46.5 Å². The smallest absolute Gasteiger partial charge is 0.142 e. The molecule has 2 aromatic rings. The van der Waals surface area contributed by atoms with Gasteiger partial charge in [0.25, 0.3) is 0 Å². The molecular formula is C32H56Cl2N2O2Zr. The molecule has 2 rings (SSSR count). The largest absolute Gasteiger partial charge is 0.505 e. The Labute approximate surface area is 271 Å². The number of anilines is 2. The van der Waals surface area contributed by atoms with Gasteiger partial charge in [-0.15, -0.1) is 24.8 Å². The number of aromatic hydroxyl groups is 2. The van der Waals surface area contributed by atoms with Crippen molar-refractivity contribution in [2.24, 2.45) is 0 Å². The van der Waals surface area contributed by atoms with Crippen molar-refractivity contribution in [1.29, 1.82) is 0 Å². The molecule has 7 heteroatoms.